The van der Waals surface area contributed by atoms with Gasteiger partial charge in [0.05, 0.1) is 12.8 Å². The first-order chi connectivity index (χ1) is 14.2. The quantitative estimate of drug-likeness (QED) is 0.548. The lowest BCUT2D eigenvalue weighted by molar-refractivity contribution is 0.102. The molecule has 4 rings (SSSR count). The number of rotatable bonds is 5. The van der Waals surface area contributed by atoms with Gasteiger partial charge in [0.15, 0.2) is 0 Å². The fourth-order valence-corrected chi connectivity index (χ4v) is 2.98. The summed E-state index contributed by atoms with van der Waals surface area (Å²) in [6.07, 6.45) is 3.41. The van der Waals surface area contributed by atoms with Crippen molar-refractivity contribution < 1.29 is 14.1 Å². The Morgan fingerprint density at radius 2 is 1.83 bits per heavy atom. The molecule has 0 atom stereocenters. The summed E-state index contributed by atoms with van der Waals surface area (Å²) in [5.74, 6) is 0.382. The number of anilines is 1. The van der Waals surface area contributed by atoms with Crippen LogP contribution in [0.2, 0.25) is 0 Å². The summed E-state index contributed by atoms with van der Waals surface area (Å²) >= 11 is 0. The molecular weight excluding hydrogens is 368 g/mol. The van der Waals surface area contributed by atoms with E-state index < -0.39 is 0 Å². The molecule has 1 N–H and O–H groups in total. The van der Waals surface area contributed by atoms with Crippen molar-refractivity contribution in [1.82, 2.24) is 15.1 Å². The largest absolute Gasteiger partial charge is 0.479 e. The molecule has 1 amide bonds. The second kappa shape index (κ2) is 7.93. The van der Waals surface area contributed by atoms with Crippen LogP contribution in [0.15, 0.2) is 71.5 Å². The number of pyridine rings is 2. The molecule has 3 aromatic heterocycles. The van der Waals surface area contributed by atoms with Gasteiger partial charge in [-0.15, -0.1) is 0 Å². The molecule has 7 heteroatoms. The number of carbonyl (C=O) groups excluding carboxylic acids is 1. The van der Waals surface area contributed by atoms with Gasteiger partial charge in [-0.25, -0.2) is 4.98 Å². The van der Waals surface area contributed by atoms with Gasteiger partial charge in [0, 0.05) is 23.5 Å². The molecule has 0 bridgehead atoms. The molecule has 0 saturated carbocycles. The summed E-state index contributed by atoms with van der Waals surface area (Å²) in [6.45, 7) is 1.70. The van der Waals surface area contributed by atoms with Crippen LogP contribution in [-0.2, 0) is 0 Å². The minimum Gasteiger partial charge on any atom is -0.479 e. The molecular formula is C22H18N4O3. The van der Waals surface area contributed by atoms with Gasteiger partial charge < -0.3 is 14.6 Å². The lowest BCUT2D eigenvalue weighted by Crippen LogP contribution is -2.14. The average molecular weight is 386 g/mol. The molecule has 0 spiro atoms. The summed E-state index contributed by atoms with van der Waals surface area (Å²) in [5, 5.41) is 6.91. The molecule has 7 nitrogen and oxygen atoms in total. The van der Waals surface area contributed by atoms with Crippen molar-refractivity contribution >= 4 is 11.6 Å². The van der Waals surface area contributed by atoms with Crippen molar-refractivity contribution in [2.75, 3.05) is 12.4 Å². The third kappa shape index (κ3) is 3.70. The highest BCUT2D eigenvalue weighted by Crippen LogP contribution is 2.29. The molecule has 0 aliphatic rings. The number of aromatic nitrogens is 3. The van der Waals surface area contributed by atoms with Crippen LogP contribution in [0.4, 0.5) is 5.69 Å². The van der Waals surface area contributed by atoms with E-state index in [9.17, 15) is 4.79 Å². The van der Waals surface area contributed by atoms with E-state index in [0.717, 1.165) is 11.1 Å². The van der Waals surface area contributed by atoms with E-state index >= 15 is 0 Å². The van der Waals surface area contributed by atoms with Crippen LogP contribution in [0.1, 0.15) is 16.1 Å². The number of benzene rings is 1. The lowest BCUT2D eigenvalue weighted by Gasteiger charge is -2.11. The summed E-state index contributed by atoms with van der Waals surface area (Å²) in [7, 11) is 1.51. The highest BCUT2D eigenvalue weighted by molar-refractivity contribution is 6.09. The number of hydrogen-bond donors (Lipinski definition) is 1. The predicted octanol–water partition coefficient (Wildman–Crippen LogP) is 4.37. The van der Waals surface area contributed by atoms with Gasteiger partial charge in [0.1, 0.15) is 22.7 Å². The highest BCUT2D eigenvalue weighted by Gasteiger charge is 2.23. The van der Waals surface area contributed by atoms with E-state index in [0.29, 0.717) is 34.3 Å². The minimum absolute atomic E-state index is 0.301. The van der Waals surface area contributed by atoms with E-state index in [-0.39, 0.29) is 5.91 Å². The zero-order chi connectivity index (χ0) is 20.2. The van der Waals surface area contributed by atoms with E-state index in [1.807, 2.05) is 42.5 Å². The smallest absolute Gasteiger partial charge is 0.261 e. The van der Waals surface area contributed by atoms with Gasteiger partial charge in [-0.05, 0) is 31.2 Å². The molecule has 0 radical (unpaired) electrons. The van der Waals surface area contributed by atoms with Gasteiger partial charge in [0.2, 0.25) is 5.88 Å². The second-order valence-electron chi connectivity index (χ2n) is 6.28. The lowest BCUT2D eigenvalue weighted by atomic mass is 10.1. The van der Waals surface area contributed by atoms with Gasteiger partial charge >= 0.3 is 0 Å². The Labute approximate surface area is 167 Å². The first-order valence-corrected chi connectivity index (χ1v) is 8.96. The number of carbonyl (C=O) groups is 1. The number of ether oxygens (including phenoxy) is 1. The summed E-state index contributed by atoms with van der Waals surface area (Å²) < 4.78 is 10.7. The molecule has 0 unspecified atom stereocenters. The van der Waals surface area contributed by atoms with Crippen molar-refractivity contribution in [2.24, 2.45) is 0 Å². The molecule has 0 saturated heterocycles. The van der Waals surface area contributed by atoms with Crippen LogP contribution in [0.25, 0.3) is 22.5 Å². The molecule has 4 aromatic rings. The SMILES string of the molecule is COc1nc(-c2cccnc2)ccc1NC(=O)c1c(-c2ccccc2)noc1C. The van der Waals surface area contributed by atoms with Crippen LogP contribution < -0.4 is 10.1 Å². The Hall–Kier alpha value is -4.00. The van der Waals surface area contributed by atoms with Gasteiger partial charge in [-0.1, -0.05) is 35.5 Å². The van der Waals surface area contributed by atoms with Crippen molar-refractivity contribution in [2.45, 2.75) is 6.92 Å². The monoisotopic (exact) mass is 386 g/mol. The van der Waals surface area contributed by atoms with Crippen LogP contribution in [-0.4, -0.2) is 28.1 Å². The maximum atomic E-state index is 13.0. The first-order valence-electron chi connectivity index (χ1n) is 8.96. The molecule has 0 aliphatic carbocycles. The summed E-state index contributed by atoms with van der Waals surface area (Å²) in [6, 6.07) is 16.7. The molecule has 29 heavy (non-hydrogen) atoms. The van der Waals surface area contributed by atoms with Crippen LogP contribution in [0, 0.1) is 6.92 Å². The first kappa shape index (κ1) is 18.4. The minimum atomic E-state index is -0.350. The van der Waals surface area contributed by atoms with Gasteiger partial charge in [0.25, 0.3) is 5.91 Å². The number of nitrogens with one attached hydrogen (secondary N) is 1. The second-order valence-corrected chi connectivity index (χ2v) is 6.28. The predicted molar refractivity (Wildman–Crippen MR) is 109 cm³/mol. The average Bonchev–Trinajstić information content (AvgIpc) is 3.16. The molecule has 0 aliphatic heterocycles. The molecule has 0 fully saturated rings. The zero-order valence-corrected chi connectivity index (χ0v) is 15.9. The standard InChI is InChI=1S/C22H18N4O3/c1-14-19(20(26-29-14)15-7-4-3-5-8-15)21(27)24-18-11-10-17(25-22(18)28-2)16-9-6-12-23-13-16/h3-13H,1-2H3,(H,24,27). The van der Waals surface area contributed by atoms with E-state index in [1.54, 1.807) is 31.5 Å². The fraction of sp³-hybridized carbons (Fsp3) is 0.0909. The third-order valence-corrected chi connectivity index (χ3v) is 4.40. The van der Waals surface area contributed by atoms with Crippen LogP contribution in [0.5, 0.6) is 5.88 Å². The van der Waals surface area contributed by atoms with Crippen LogP contribution in [0.3, 0.4) is 0 Å². The Bertz CT molecular complexity index is 1140. The maximum Gasteiger partial charge on any atom is 0.261 e. The number of methoxy groups -OCH3 is 1. The number of amides is 1. The molecule has 3 heterocycles. The fourth-order valence-electron chi connectivity index (χ4n) is 2.98. The summed E-state index contributed by atoms with van der Waals surface area (Å²) in [4.78, 5) is 21.6. The van der Waals surface area contributed by atoms with Crippen molar-refractivity contribution in [3.8, 4) is 28.4 Å². The van der Waals surface area contributed by atoms with Crippen molar-refractivity contribution in [1.29, 1.82) is 0 Å². The Morgan fingerprint density at radius 3 is 2.55 bits per heavy atom. The van der Waals surface area contributed by atoms with E-state index in [2.05, 4.69) is 20.4 Å². The van der Waals surface area contributed by atoms with Gasteiger partial charge in [-0.3, -0.25) is 9.78 Å². The van der Waals surface area contributed by atoms with E-state index in [4.69, 9.17) is 9.26 Å². The van der Waals surface area contributed by atoms with Gasteiger partial charge in [-0.2, -0.15) is 0 Å². The number of nitrogens with zero attached hydrogens (tertiary/aromatic N) is 3. The summed E-state index contributed by atoms with van der Waals surface area (Å²) in [5.41, 5.74) is 3.65. The van der Waals surface area contributed by atoms with Crippen molar-refractivity contribution in [3.05, 3.63) is 78.3 Å². The highest BCUT2D eigenvalue weighted by atomic mass is 16.5. The van der Waals surface area contributed by atoms with E-state index in [1.165, 1.54) is 7.11 Å². The Kier molecular flexibility index (Phi) is 5.03. The normalized spacial score (nSPS) is 10.6. The Morgan fingerprint density at radius 1 is 1.03 bits per heavy atom. The Balaban J connectivity index is 1.65. The zero-order valence-electron chi connectivity index (χ0n) is 15.9. The van der Waals surface area contributed by atoms with Crippen molar-refractivity contribution in [3.63, 3.8) is 0 Å². The third-order valence-electron chi connectivity index (χ3n) is 4.40. The number of hydrogen-bond acceptors (Lipinski definition) is 6. The topological polar surface area (TPSA) is 90.1 Å². The molecule has 1 aromatic carbocycles. The van der Waals surface area contributed by atoms with Crippen LogP contribution >= 0.6 is 0 Å². The molecule has 144 valence electrons. The maximum absolute atomic E-state index is 13.0. The number of aryl methyl sites for hydroxylation is 1.